The second-order valence-corrected chi connectivity index (χ2v) is 6.06. The summed E-state index contributed by atoms with van der Waals surface area (Å²) in [5.41, 5.74) is 6.44. The van der Waals surface area contributed by atoms with Crippen molar-refractivity contribution >= 4 is 5.91 Å². The van der Waals surface area contributed by atoms with Gasteiger partial charge in [0.05, 0.1) is 7.11 Å². The molecule has 0 atom stereocenters. The summed E-state index contributed by atoms with van der Waals surface area (Å²) in [6, 6.07) is 18.8. The van der Waals surface area contributed by atoms with Gasteiger partial charge in [-0.1, -0.05) is 12.1 Å². The largest absolute Gasteiger partial charge is 0.497 e. The minimum Gasteiger partial charge on any atom is -0.497 e. The first kappa shape index (κ1) is 17.6. The fraction of sp³-hybridized carbons (Fsp3) is 0.190. The van der Waals surface area contributed by atoms with Crippen LogP contribution >= 0.6 is 0 Å². The number of carbonyl (C=O) groups excluding carboxylic acids is 1. The van der Waals surface area contributed by atoms with Crippen molar-refractivity contribution in [2.75, 3.05) is 12.5 Å². The molecule has 0 saturated heterocycles. The number of carbonyl (C=O) groups is 1. The smallest absolute Gasteiger partial charge is 0.270 e. The van der Waals surface area contributed by atoms with Gasteiger partial charge in [-0.3, -0.25) is 14.9 Å². The molecule has 1 heterocycles. The highest BCUT2D eigenvalue weighted by Gasteiger charge is 2.09. The van der Waals surface area contributed by atoms with Crippen LogP contribution in [0.25, 0.3) is 0 Å². The number of hydrogen-bond donors (Lipinski definition) is 1. The molecule has 0 unspecified atom stereocenters. The molecule has 0 aliphatic heterocycles. The van der Waals surface area contributed by atoms with E-state index in [1.807, 2.05) is 50.2 Å². The predicted molar refractivity (Wildman–Crippen MR) is 101 cm³/mol. The molecular weight excluding hydrogens is 328 g/mol. The van der Waals surface area contributed by atoms with E-state index in [1.54, 1.807) is 36.1 Å². The second-order valence-electron chi connectivity index (χ2n) is 6.06. The molecule has 0 fully saturated rings. The Balaban J connectivity index is 1.61. The quantitative estimate of drug-likeness (QED) is 0.729. The summed E-state index contributed by atoms with van der Waals surface area (Å²) in [6.45, 7) is 4.33. The highest BCUT2D eigenvalue weighted by Crippen LogP contribution is 2.17. The molecule has 0 saturated carbocycles. The summed E-state index contributed by atoms with van der Waals surface area (Å²) >= 11 is 0. The molecule has 0 bridgehead atoms. The lowest BCUT2D eigenvalue weighted by Gasteiger charge is -2.12. The first-order valence-corrected chi connectivity index (χ1v) is 8.39. The molecule has 1 aromatic heterocycles. The van der Waals surface area contributed by atoms with Crippen LogP contribution < -0.4 is 14.9 Å². The molecule has 0 aliphatic rings. The highest BCUT2D eigenvalue weighted by molar-refractivity contribution is 6.00. The lowest BCUT2D eigenvalue weighted by molar-refractivity contribution is 0.101. The Kier molecular flexibility index (Phi) is 5.27. The van der Waals surface area contributed by atoms with Gasteiger partial charge < -0.3 is 9.47 Å². The van der Waals surface area contributed by atoms with Crippen molar-refractivity contribution in [1.29, 1.82) is 0 Å². The zero-order chi connectivity index (χ0) is 18.5. The van der Waals surface area contributed by atoms with E-state index in [4.69, 9.17) is 9.47 Å². The Hall–Kier alpha value is -3.21. The molecule has 5 nitrogen and oxygen atoms in total. The minimum absolute atomic E-state index is 0.160. The maximum atomic E-state index is 12.4. The van der Waals surface area contributed by atoms with Gasteiger partial charge >= 0.3 is 0 Å². The summed E-state index contributed by atoms with van der Waals surface area (Å²) in [7, 11) is 1.64. The van der Waals surface area contributed by atoms with Crippen LogP contribution in [0.1, 0.15) is 27.3 Å². The summed E-state index contributed by atoms with van der Waals surface area (Å²) in [4.78, 5) is 12.4. The number of rotatable bonds is 6. The van der Waals surface area contributed by atoms with E-state index >= 15 is 0 Å². The number of aromatic nitrogens is 1. The van der Waals surface area contributed by atoms with E-state index in [-0.39, 0.29) is 5.91 Å². The van der Waals surface area contributed by atoms with Gasteiger partial charge in [0.1, 0.15) is 18.1 Å². The maximum absolute atomic E-state index is 12.4. The Morgan fingerprint density at radius 3 is 2.31 bits per heavy atom. The van der Waals surface area contributed by atoms with Gasteiger partial charge in [0.15, 0.2) is 0 Å². The van der Waals surface area contributed by atoms with Crippen molar-refractivity contribution in [1.82, 2.24) is 4.68 Å². The van der Waals surface area contributed by atoms with E-state index in [1.165, 1.54) is 0 Å². The Morgan fingerprint density at radius 1 is 0.962 bits per heavy atom. The van der Waals surface area contributed by atoms with Crippen LogP contribution in [0.5, 0.6) is 11.5 Å². The third-order valence-electron chi connectivity index (χ3n) is 4.14. The van der Waals surface area contributed by atoms with Gasteiger partial charge in [-0.25, -0.2) is 0 Å². The van der Waals surface area contributed by atoms with Gasteiger partial charge in [-0.05, 0) is 67.9 Å². The van der Waals surface area contributed by atoms with Crippen LogP contribution in [0.4, 0.5) is 0 Å². The molecule has 0 radical (unpaired) electrons. The third-order valence-corrected chi connectivity index (χ3v) is 4.14. The zero-order valence-corrected chi connectivity index (χ0v) is 15.2. The first-order chi connectivity index (χ1) is 12.6. The Bertz CT molecular complexity index is 878. The molecule has 0 aliphatic carbocycles. The van der Waals surface area contributed by atoms with Crippen molar-refractivity contribution in [2.45, 2.75) is 20.5 Å². The number of ether oxygens (including phenoxy) is 2. The summed E-state index contributed by atoms with van der Waals surface area (Å²) < 4.78 is 12.8. The second kappa shape index (κ2) is 7.78. The molecule has 2 aromatic carbocycles. The highest BCUT2D eigenvalue weighted by atomic mass is 16.5. The van der Waals surface area contributed by atoms with Crippen molar-refractivity contribution < 1.29 is 14.3 Å². The van der Waals surface area contributed by atoms with Crippen LogP contribution in [0.15, 0.2) is 60.7 Å². The zero-order valence-electron chi connectivity index (χ0n) is 15.2. The van der Waals surface area contributed by atoms with Gasteiger partial charge in [-0.2, -0.15) is 0 Å². The Labute approximate surface area is 153 Å². The van der Waals surface area contributed by atoms with Gasteiger partial charge in [0.25, 0.3) is 5.91 Å². The molecule has 1 amide bonds. The van der Waals surface area contributed by atoms with Gasteiger partial charge in [-0.15, -0.1) is 0 Å². The average Bonchev–Trinajstić information content (AvgIpc) is 2.99. The molecular formula is C21H22N2O3. The molecule has 5 heteroatoms. The van der Waals surface area contributed by atoms with Crippen molar-refractivity contribution in [3.05, 3.63) is 83.2 Å². The number of aryl methyl sites for hydroxylation is 2. The lowest BCUT2D eigenvalue weighted by atomic mass is 10.2. The van der Waals surface area contributed by atoms with Crippen LogP contribution in [-0.4, -0.2) is 17.7 Å². The van der Waals surface area contributed by atoms with E-state index in [0.29, 0.717) is 17.9 Å². The topological polar surface area (TPSA) is 52.5 Å². The third kappa shape index (κ3) is 4.06. The lowest BCUT2D eigenvalue weighted by Crippen LogP contribution is -2.24. The van der Waals surface area contributed by atoms with Crippen LogP contribution in [0.2, 0.25) is 0 Å². The monoisotopic (exact) mass is 350 g/mol. The molecule has 1 N–H and O–H groups in total. The molecule has 3 rings (SSSR count). The van der Waals surface area contributed by atoms with E-state index in [0.717, 1.165) is 22.7 Å². The molecule has 3 aromatic rings. The van der Waals surface area contributed by atoms with Gasteiger partial charge in [0.2, 0.25) is 0 Å². The van der Waals surface area contributed by atoms with E-state index in [9.17, 15) is 4.79 Å². The Morgan fingerprint density at radius 2 is 1.65 bits per heavy atom. The van der Waals surface area contributed by atoms with Gasteiger partial charge in [0, 0.05) is 17.0 Å². The van der Waals surface area contributed by atoms with Crippen molar-refractivity contribution in [2.24, 2.45) is 0 Å². The number of benzene rings is 2. The fourth-order valence-corrected chi connectivity index (χ4v) is 2.64. The van der Waals surface area contributed by atoms with E-state index in [2.05, 4.69) is 5.43 Å². The molecule has 26 heavy (non-hydrogen) atoms. The number of nitrogens with zero attached hydrogens (tertiary/aromatic N) is 1. The normalized spacial score (nSPS) is 10.4. The van der Waals surface area contributed by atoms with Crippen LogP contribution in [-0.2, 0) is 6.61 Å². The number of methoxy groups -OCH3 is 1. The van der Waals surface area contributed by atoms with Crippen LogP contribution in [0.3, 0.4) is 0 Å². The standard InChI is InChI=1S/C21H22N2O3/c1-15-7-8-16(2)23(15)22-21(24)18-9-11-19(12-10-18)26-14-17-5-4-6-20(13-17)25-3/h4-13H,14H2,1-3H3,(H,22,24). The summed E-state index contributed by atoms with van der Waals surface area (Å²) in [5, 5.41) is 0. The summed E-state index contributed by atoms with van der Waals surface area (Å²) in [5.74, 6) is 1.35. The SMILES string of the molecule is COc1cccc(COc2ccc(C(=O)Nn3c(C)ccc3C)cc2)c1. The number of amides is 1. The molecule has 134 valence electrons. The first-order valence-electron chi connectivity index (χ1n) is 8.39. The van der Waals surface area contributed by atoms with Crippen molar-refractivity contribution in [3.8, 4) is 11.5 Å². The maximum Gasteiger partial charge on any atom is 0.270 e. The van der Waals surface area contributed by atoms with E-state index < -0.39 is 0 Å². The minimum atomic E-state index is -0.160. The average molecular weight is 350 g/mol. The number of hydrogen-bond acceptors (Lipinski definition) is 3. The fourth-order valence-electron chi connectivity index (χ4n) is 2.64. The molecule has 0 spiro atoms. The summed E-state index contributed by atoms with van der Waals surface area (Å²) in [6.07, 6.45) is 0. The van der Waals surface area contributed by atoms with Crippen LogP contribution in [0, 0.1) is 13.8 Å². The predicted octanol–water partition coefficient (Wildman–Crippen LogP) is 4.08. The number of nitrogens with one attached hydrogen (secondary N) is 1. The van der Waals surface area contributed by atoms with Crippen molar-refractivity contribution in [3.63, 3.8) is 0 Å².